The van der Waals surface area contributed by atoms with Crippen LogP contribution in [0.25, 0.3) is 0 Å². The van der Waals surface area contributed by atoms with Gasteiger partial charge in [0.15, 0.2) is 0 Å². The molecule has 0 aromatic carbocycles. The minimum atomic E-state index is -0.253. The van der Waals surface area contributed by atoms with Crippen LogP contribution in [-0.4, -0.2) is 24.0 Å². The number of rotatable bonds is 6. The summed E-state index contributed by atoms with van der Waals surface area (Å²) in [4.78, 5) is 12.9. The highest BCUT2D eigenvalue weighted by Crippen LogP contribution is 2.01. The Morgan fingerprint density at radius 1 is 1.23 bits per heavy atom. The maximum Gasteiger partial charge on any atom is 0.354 e. The van der Waals surface area contributed by atoms with Crippen molar-refractivity contribution in [3.63, 3.8) is 0 Å². The van der Waals surface area contributed by atoms with Gasteiger partial charge in [0.1, 0.15) is 0 Å². The zero-order valence-corrected chi connectivity index (χ0v) is 9.27. The summed E-state index contributed by atoms with van der Waals surface area (Å²) in [5.74, 6) is 0. The molecule has 0 heterocycles. The smallest absolute Gasteiger partial charge is 0.322 e. The van der Waals surface area contributed by atoms with Gasteiger partial charge in [-0.05, 0) is 12.8 Å². The van der Waals surface area contributed by atoms with E-state index in [1.807, 2.05) is 0 Å². The Hall–Kier alpha value is -0.510. The van der Waals surface area contributed by atoms with Gasteiger partial charge < -0.3 is 4.90 Å². The molecule has 0 aromatic heterocycles. The van der Waals surface area contributed by atoms with Crippen molar-refractivity contribution in [1.82, 2.24) is 4.90 Å². The summed E-state index contributed by atoms with van der Waals surface area (Å²) in [6, 6.07) is -0.253. The molecule has 0 saturated heterocycles. The Morgan fingerprint density at radius 3 is 2.00 bits per heavy atom. The van der Waals surface area contributed by atoms with Crippen molar-refractivity contribution >= 4 is 18.5 Å². The number of nitrogens with zero attached hydrogens (tertiary/aromatic N) is 2. The fourth-order valence-corrected chi connectivity index (χ4v) is 1.17. The third-order valence-electron chi connectivity index (χ3n) is 1.91. The summed E-state index contributed by atoms with van der Waals surface area (Å²) in [7, 11) is 0. The number of amides is 2. The van der Waals surface area contributed by atoms with Gasteiger partial charge >= 0.3 is 6.03 Å². The Bertz CT molecular complexity index is 154. The van der Waals surface area contributed by atoms with E-state index < -0.39 is 0 Å². The van der Waals surface area contributed by atoms with Crippen molar-refractivity contribution < 1.29 is 4.79 Å². The second-order valence-electron chi connectivity index (χ2n) is 3.07. The first-order chi connectivity index (χ1) is 6.26. The molecule has 0 aromatic rings. The average molecular weight is 202 g/mol. The van der Waals surface area contributed by atoms with Crippen LogP contribution in [0.4, 0.5) is 4.79 Å². The van der Waals surface area contributed by atoms with E-state index in [1.165, 1.54) is 0 Å². The van der Waals surface area contributed by atoms with Crippen molar-refractivity contribution in [3.05, 3.63) is 0 Å². The topological polar surface area (TPSA) is 32.7 Å². The van der Waals surface area contributed by atoms with Crippen LogP contribution in [0.1, 0.15) is 39.5 Å². The van der Waals surface area contributed by atoms with E-state index in [-0.39, 0.29) is 6.03 Å². The molecule has 0 unspecified atom stereocenters. The highest BCUT2D eigenvalue weighted by Gasteiger charge is 2.09. The molecule has 0 rings (SSSR count). The van der Waals surface area contributed by atoms with Gasteiger partial charge in [0.25, 0.3) is 0 Å². The van der Waals surface area contributed by atoms with E-state index in [0.717, 1.165) is 38.8 Å². The summed E-state index contributed by atoms with van der Waals surface area (Å²) < 4.78 is 3.26. The molecule has 0 aliphatic heterocycles. The molecule has 4 heteroatoms. The monoisotopic (exact) mass is 202 g/mol. The summed E-state index contributed by atoms with van der Waals surface area (Å²) in [5, 5.41) is 0. The highest BCUT2D eigenvalue weighted by molar-refractivity contribution is 7.47. The van der Waals surface area contributed by atoms with Gasteiger partial charge in [-0.15, -0.1) is 4.36 Å². The predicted octanol–water partition coefficient (Wildman–Crippen LogP) is 2.74. The molecule has 0 radical (unpaired) electrons. The molecule has 3 nitrogen and oxygen atoms in total. The lowest BCUT2D eigenvalue weighted by atomic mass is 10.3. The molecule has 76 valence electrons. The minimum absolute atomic E-state index is 0.253. The average Bonchev–Trinajstić information content (AvgIpc) is 2.17. The second-order valence-corrected chi connectivity index (χ2v) is 3.25. The second kappa shape index (κ2) is 8.10. The number of carbonyl (C=O) groups excluding carboxylic acids is 1. The third-order valence-corrected chi connectivity index (χ3v) is 2.07. The Kier molecular flexibility index (Phi) is 7.79. The van der Waals surface area contributed by atoms with Gasteiger partial charge in [0, 0.05) is 25.5 Å². The lowest BCUT2D eigenvalue weighted by Crippen LogP contribution is -2.30. The van der Waals surface area contributed by atoms with Crippen molar-refractivity contribution in [2.75, 3.05) is 13.1 Å². The van der Waals surface area contributed by atoms with Crippen LogP contribution in [0, 0.1) is 0 Å². The molecular formula is C9H18N2OS. The number of hydrogen-bond donors (Lipinski definition) is 0. The minimum Gasteiger partial charge on any atom is -0.322 e. The molecule has 0 N–H and O–H groups in total. The molecule has 0 saturated carbocycles. The van der Waals surface area contributed by atoms with Gasteiger partial charge in [-0.3, -0.25) is 0 Å². The van der Waals surface area contributed by atoms with E-state index in [0.29, 0.717) is 0 Å². The zero-order chi connectivity index (χ0) is 10.1. The SMILES string of the molecule is CCCCN(CCCC)C(=O)N=S. The summed E-state index contributed by atoms with van der Waals surface area (Å²) in [6.07, 6.45) is 4.24. The van der Waals surface area contributed by atoms with Crippen LogP contribution in [0.2, 0.25) is 0 Å². The molecule has 0 atom stereocenters. The van der Waals surface area contributed by atoms with E-state index in [9.17, 15) is 4.79 Å². The summed E-state index contributed by atoms with van der Waals surface area (Å²) in [5.41, 5.74) is 0. The van der Waals surface area contributed by atoms with Crippen LogP contribution in [0.5, 0.6) is 0 Å². The molecule has 2 amide bonds. The standard InChI is InChI=1S/C9H18N2OS/c1-3-5-7-11(8-6-4-2)9(12)10-13/h3-8H2,1-2H3. The van der Waals surface area contributed by atoms with E-state index in [2.05, 4.69) is 30.6 Å². The van der Waals surface area contributed by atoms with E-state index in [4.69, 9.17) is 0 Å². The van der Waals surface area contributed by atoms with Crippen molar-refractivity contribution in [2.24, 2.45) is 4.36 Å². The predicted molar refractivity (Wildman–Crippen MR) is 56.6 cm³/mol. The fraction of sp³-hybridized carbons (Fsp3) is 0.889. The molecule has 0 bridgehead atoms. The summed E-state index contributed by atoms with van der Waals surface area (Å²) >= 11 is 4.39. The number of urea groups is 1. The quantitative estimate of drug-likeness (QED) is 0.663. The van der Waals surface area contributed by atoms with Gasteiger partial charge in [0.2, 0.25) is 0 Å². The fourth-order valence-electron chi connectivity index (χ4n) is 1.06. The Labute approximate surface area is 85.7 Å². The van der Waals surface area contributed by atoms with Crippen LogP contribution in [-0.2, 0) is 12.4 Å². The first kappa shape index (κ1) is 12.5. The molecular weight excluding hydrogens is 184 g/mol. The largest absolute Gasteiger partial charge is 0.354 e. The third kappa shape index (κ3) is 5.69. The first-order valence-electron chi connectivity index (χ1n) is 4.88. The van der Waals surface area contributed by atoms with Gasteiger partial charge in [0.05, 0.1) is 0 Å². The van der Waals surface area contributed by atoms with Crippen LogP contribution in [0.3, 0.4) is 0 Å². The molecule has 0 aliphatic rings. The number of carbonyl (C=O) groups is 1. The van der Waals surface area contributed by atoms with E-state index in [1.54, 1.807) is 4.90 Å². The number of hydrogen-bond acceptors (Lipinski definition) is 2. The van der Waals surface area contributed by atoms with Crippen LogP contribution >= 0.6 is 0 Å². The molecule has 13 heavy (non-hydrogen) atoms. The van der Waals surface area contributed by atoms with Crippen LogP contribution in [0.15, 0.2) is 4.36 Å². The normalized spacial score (nSPS) is 9.69. The zero-order valence-electron chi connectivity index (χ0n) is 8.45. The van der Waals surface area contributed by atoms with Crippen molar-refractivity contribution in [1.29, 1.82) is 0 Å². The van der Waals surface area contributed by atoms with Gasteiger partial charge in [-0.25, -0.2) is 4.79 Å². The van der Waals surface area contributed by atoms with E-state index >= 15 is 0 Å². The Balaban J connectivity index is 3.86. The molecule has 0 aliphatic carbocycles. The first-order valence-corrected chi connectivity index (χ1v) is 5.25. The number of unbranched alkanes of at least 4 members (excludes halogenated alkanes) is 2. The van der Waals surface area contributed by atoms with Crippen molar-refractivity contribution in [2.45, 2.75) is 39.5 Å². The highest BCUT2D eigenvalue weighted by atomic mass is 32.1. The lowest BCUT2D eigenvalue weighted by Gasteiger charge is -2.18. The van der Waals surface area contributed by atoms with Crippen molar-refractivity contribution in [3.8, 4) is 0 Å². The Morgan fingerprint density at radius 2 is 1.69 bits per heavy atom. The van der Waals surface area contributed by atoms with Crippen LogP contribution < -0.4 is 0 Å². The summed E-state index contributed by atoms with van der Waals surface area (Å²) in [6.45, 7) is 5.78. The van der Waals surface area contributed by atoms with Gasteiger partial charge in [-0.2, -0.15) is 0 Å². The maximum absolute atomic E-state index is 11.2. The molecule has 0 fully saturated rings. The van der Waals surface area contributed by atoms with Gasteiger partial charge in [-0.1, -0.05) is 26.7 Å². The lowest BCUT2D eigenvalue weighted by molar-refractivity contribution is 0.207. The maximum atomic E-state index is 11.2. The molecule has 0 spiro atoms.